The predicted molar refractivity (Wildman–Crippen MR) is 71.1 cm³/mol. The minimum atomic E-state index is -0.316. The van der Waals surface area contributed by atoms with E-state index >= 15 is 0 Å². The number of nitrogens with one attached hydrogen (secondary N) is 1. The molecule has 0 aliphatic heterocycles. The van der Waals surface area contributed by atoms with Crippen molar-refractivity contribution in [2.45, 2.75) is 6.42 Å². The third kappa shape index (κ3) is 3.51. The standard InChI is InChI=1S/C14H14FN3O/c15-12-4-2-1-3-10(12)5-7-18-14(19)13-9-11(16)6-8-17-13/h1-4,6,8-9H,5,7H2,(H2,16,17)(H,18,19). The van der Waals surface area contributed by atoms with Crippen LogP contribution in [0.15, 0.2) is 42.6 Å². The Hall–Kier alpha value is -2.43. The number of pyridine rings is 1. The van der Waals surface area contributed by atoms with Gasteiger partial charge in [0.25, 0.3) is 5.91 Å². The van der Waals surface area contributed by atoms with E-state index in [-0.39, 0.29) is 17.4 Å². The largest absolute Gasteiger partial charge is 0.399 e. The van der Waals surface area contributed by atoms with E-state index in [4.69, 9.17) is 5.73 Å². The molecule has 0 bridgehead atoms. The number of halogens is 1. The number of carbonyl (C=O) groups excluding carboxylic acids is 1. The smallest absolute Gasteiger partial charge is 0.269 e. The summed E-state index contributed by atoms with van der Waals surface area (Å²) in [4.78, 5) is 15.7. The Bertz CT molecular complexity index is 586. The van der Waals surface area contributed by atoms with E-state index in [1.807, 2.05) is 0 Å². The Morgan fingerprint density at radius 1 is 1.32 bits per heavy atom. The highest BCUT2D eigenvalue weighted by Gasteiger charge is 2.07. The molecule has 3 N–H and O–H groups in total. The van der Waals surface area contributed by atoms with Crippen molar-refractivity contribution >= 4 is 11.6 Å². The Labute approximate surface area is 110 Å². The van der Waals surface area contributed by atoms with Crippen LogP contribution in [0.4, 0.5) is 10.1 Å². The van der Waals surface area contributed by atoms with Crippen LogP contribution < -0.4 is 11.1 Å². The quantitative estimate of drug-likeness (QED) is 0.879. The normalized spacial score (nSPS) is 10.2. The minimum absolute atomic E-state index is 0.258. The molecule has 0 saturated carbocycles. The fourth-order valence-corrected chi connectivity index (χ4v) is 1.67. The highest BCUT2D eigenvalue weighted by atomic mass is 19.1. The second kappa shape index (κ2) is 5.95. The summed E-state index contributed by atoms with van der Waals surface area (Å²) in [5.41, 5.74) is 6.88. The maximum atomic E-state index is 13.3. The molecule has 5 heteroatoms. The molecule has 2 rings (SSSR count). The molecule has 1 amide bonds. The zero-order valence-electron chi connectivity index (χ0n) is 10.3. The van der Waals surface area contributed by atoms with Crippen molar-refractivity contribution in [3.05, 3.63) is 59.7 Å². The van der Waals surface area contributed by atoms with Crippen LogP contribution in [0.5, 0.6) is 0 Å². The van der Waals surface area contributed by atoms with E-state index in [0.717, 1.165) is 0 Å². The SMILES string of the molecule is Nc1ccnc(C(=O)NCCc2ccccc2F)c1. The van der Waals surface area contributed by atoms with Gasteiger partial charge in [-0.15, -0.1) is 0 Å². The van der Waals surface area contributed by atoms with E-state index in [9.17, 15) is 9.18 Å². The number of benzene rings is 1. The molecule has 0 unspecified atom stereocenters. The van der Waals surface area contributed by atoms with Crippen LogP contribution in [-0.4, -0.2) is 17.4 Å². The molecule has 2 aromatic rings. The fourth-order valence-electron chi connectivity index (χ4n) is 1.67. The molecule has 0 fully saturated rings. The van der Waals surface area contributed by atoms with E-state index in [1.165, 1.54) is 18.3 Å². The topological polar surface area (TPSA) is 68.0 Å². The molecule has 4 nitrogen and oxygen atoms in total. The van der Waals surface area contributed by atoms with Gasteiger partial charge in [0.1, 0.15) is 11.5 Å². The average Bonchev–Trinajstić information content (AvgIpc) is 2.41. The lowest BCUT2D eigenvalue weighted by atomic mass is 10.1. The van der Waals surface area contributed by atoms with Gasteiger partial charge in [0.15, 0.2) is 0 Å². The van der Waals surface area contributed by atoms with Crippen LogP contribution in [0, 0.1) is 5.82 Å². The second-order valence-electron chi connectivity index (χ2n) is 4.07. The summed E-state index contributed by atoms with van der Waals surface area (Å²) in [6.45, 7) is 0.343. The van der Waals surface area contributed by atoms with Crippen molar-refractivity contribution in [3.63, 3.8) is 0 Å². The zero-order chi connectivity index (χ0) is 13.7. The molecule has 19 heavy (non-hydrogen) atoms. The van der Waals surface area contributed by atoms with E-state index < -0.39 is 0 Å². The third-order valence-corrected chi connectivity index (χ3v) is 2.65. The molecule has 0 atom stereocenters. The van der Waals surface area contributed by atoms with Gasteiger partial charge in [-0.05, 0) is 30.2 Å². The van der Waals surface area contributed by atoms with Crippen molar-refractivity contribution in [1.82, 2.24) is 10.3 Å². The average molecular weight is 259 g/mol. The number of amides is 1. The number of nitrogen functional groups attached to an aromatic ring is 1. The monoisotopic (exact) mass is 259 g/mol. The Kier molecular flexibility index (Phi) is 4.07. The van der Waals surface area contributed by atoms with Crippen molar-refractivity contribution in [2.24, 2.45) is 0 Å². The molecule has 0 saturated heterocycles. The van der Waals surface area contributed by atoms with Gasteiger partial charge < -0.3 is 11.1 Å². The molecule has 98 valence electrons. The number of rotatable bonds is 4. The number of carbonyl (C=O) groups is 1. The van der Waals surface area contributed by atoms with Gasteiger partial charge in [0, 0.05) is 18.4 Å². The van der Waals surface area contributed by atoms with Crippen molar-refractivity contribution < 1.29 is 9.18 Å². The predicted octanol–water partition coefficient (Wildman–Crippen LogP) is 1.78. The number of nitrogens with zero attached hydrogens (tertiary/aromatic N) is 1. The molecule has 0 aliphatic rings. The molecule has 0 aliphatic carbocycles. The number of hydrogen-bond donors (Lipinski definition) is 2. The summed E-state index contributed by atoms with van der Waals surface area (Å²) in [6, 6.07) is 9.60. The van der Waals surface area contributed by atoms with Gasteiger partial charge in [-0.1, -0.05) is 18.2 Å². The lowest BCUT2D eigenvalue weighted by Crippen LogP contribution is -2.26. The van der Waals surface area contributed by atoms with Gasteiger partial charge in [0.2, 0.25) is 0 Å². The summed E-state index contributed by atoms with van der Waals surface area (Å²) in [7, 11) is 0. The fraction of sp³-hybridized carbons (Fsp3) is 0.143. The van der Waals surface area contributed by atoms with Crippen LogP contribution in [-0.2, 0) is 6.42 Å². The molecular formula is C14H14FN3O. The number of anilines is 1. The maximum Gasteiger partial charge on any atom is 0.269 e. The summed E-state index contributed by atoms with van der Waals surface area (Å²) in [5.74, 6) is -0.581. The molecule has 1 aromatic carbocycles. The van der Waals surface area contributed by atoms with Gasteiger partial charge in [-0.3, -0.25) is 9.78 Å². The van der Waals surface area contributed by atoms with Crippen molar-refractivity contribution in [3.8, 4) is 0 Å². The maximum absolute atomic E-state index is 13.3. The highest BCUT2D eigenvalue weighted by molar-refractivity contribution is 5.92. The first-order chi connectivity index (χ1) is 9.16. The van der Waals surface area contributed by atoms with Crippen LogP contribution in [0.2, 0.25) is 0 Å². The minimum Gasteiger partial charge on any atom is -0.399 e. The van der Waals surface area contributed by atoms with Gasteiger partial charge in [-0.25, -0.2) is 4.39 Å². The molecule has 1 aromatic heterocycles. The van der Waals surface area contributed by atoms with E-state index in [0.29, 0.717) is 24.2 Å². The van der Waals surface area contributed by atoms with Gasteiger partial charge in [0.05, 0.1) is 0 Å². The molecular weight excluding hydrogens is 245 g/mol. The summed E-state index contributed by atoms with van der Waals surface area (Å²) in [5, 5.41) is 2.68. The lowest BCUT2D eigenvalue weighted by Gasteiger charge is -2.06. The van der Waals surface area contributed by atoms with E-state index in [1.54, 1.807) is 24.3 Å². The van der Waals surface area contributed by atoms with Crippen LogP contribution in [0.3, 0.4) is 0 Å². The summed E-state index contributed by atoms with van der Waals surface area (Å²) in [6.07, 6.45) is 1.90. The first-order valence-electron chi connectivity index (χ1n) is 5.90. The van der Waals surface area contributed by atoms with Crippen molar-refractivity contribution in [2.75, 3.05) is 12.3 Å². The van der Waals surface area contributed by atoms with Crippen molar-refractivity contribution in [1.29, 1.82) is 0 Å². The summed E-state index contributed by atoms with van der Waals surface area (Å²) < 4.78 is 13.3. The summed E-state index contributed by atoms with van der Waals surface area (Å²) >= 11 is 0. The Morgan fingerprint density at radius 2 is 2.11 bits per heavy atom. The zero-order valence-corrected chi connectivity index (χ0v) is 10.3. The first-order valence-corrected chi connectivity index (χ1v) is 5.90. The lowest BCUT2D eigenvalue weighted by molar-refractivity contribution is 0.0949. The van der Waals surface area contributed by atoms with Gasteiger partial charge >= 0.3 is 0 Å². The second-order valence-corrected chi connectivity index (χ2v) is 4.07. The van der Waals surface area contributed by atoms with Crippen LogP contribution in [0.25, 0.3) is 0 Å². The van der Waals surface area contributed by atoms with Gasteiger partial charge in [-0.2, -0.15) is 0 Å². The first kappa shape index (κ1) is 13.0. The number of nitrogens with two attached hydrogens (primary N) is 1. The Balaban J connectivity index is 1.90. The number of aromatic nitrogens is 1. The van der Waals surface area contributed by atoms with Crippen LogP contribution >= 0.6 is 0 Å². The van der Waals surface area contributed by atoms with E-state index in [2.05, 4.69) is 10.3 Å². The van der Waals surface area contributed by atoms with Crippen LogP contribution in [0.1, 0.15) is 16.1 Å². The third-order valence-electron chi connectivity index (χ3n) is 2.65. The number of hydrogen-bond acceptors (Lipinski definition) is 3. The molecule has 1 heterocycles. The molecule has 0 radical (unpaired) electrons. The molecule has 0 spiro atoms. The Morgan fingerprint density at radius 3 is 2.84 bits per heavy atom. The highest BCUT2D eigenvalue weighted by Crippen LogP contribution is 2.06.